The van der Waals surface area contributed by atoms with Crippen LogP contribution in [0.3, 0.4) is 0 Å². The van der Waals surface area contributed by atoms with Crippen LogP contribution in [0.25, 0.3) is 11.0 Å². The smallest absolute Gasteiger partial charge is 0.206 e. The van der Waals surface area contributed by atoms with Gasteiger partial charge in [0.25, 0.3) is 0 Å². The second-order valence-corrected chi connectivity index (χ2v) is 9.34. The van der Waals surface area contributed by atoms with Crippen LogP contribution in [0.15, 0.2) is 81.2 Å². The molecule has 0 saturated carbocycles. The van der Waals surface area contributed by atoms with E-state index >= 15 is 0 Å². The van der Waals surface area contributed by atoms with E-state index in [1.807, 2.05) is 18.3 Å². The van der Waals surface area contributed by atoms with Crippen LogP contribution in [0, 0.1) is 0 Å². The predicted molar refractivity (Wildman–Crippen MR) is 112 cm³/mol. The Morgan fingerprint density at radius 1 is 1.03 bits per heavy atom. The van der Waals surface area contributed by atoms with Crippen molar-refractivity contribution in [3.8, 4) is 0 Å². The van der Waals surface area contributed by atoms with Gasteiger partial charge in [-0.2, -0.15) is 0 Å². The summed E-state index contributed by atoms with van der Waals surface area (Å²) in [6.07, 6.45) is 4.29. The molecule has 1 aliphatic rings. The summed E-state index contributed by atoms with van der Waals surface area (Å²) in [6.45, 7) is 1.41. The van der Waals surface area contributed by atoms with Crippen LogP contribution in [0.2, 0.25) is 5.02 Å². The molecule has 0 fully saturated rings. The summed E-state index contributed by atoms with van der Waals surface area (Å²) >= 11 is 6.45. The molecule has 0 aliphatic carbocycles. The number of sulfone groups is 1. The minimum Gasteiger partial charge on any atom is -0.459 e. The summed E-state index contributed by atoms with van der Waals surface area (Å²) in [6, 6.07) is 15.4. The van der Waals surface area contributed by atoms with Crippen molar-refractivity contribution in [1.82, 2.24) is 4.98 Å². The Kier molecular flexibility index (Phi) is 4.33. The first-order valence-electron chi connectivity index (χ1n) is 9.23. The fraction of sp³-hybridized carbons (Fsp3) is 0.136. The third-order valence-corrected chi connectivity index (χ3v) is 7.27. The van der Waals surface area contributed by atoms with Crippen molar-refractivity contribution in [1.29, 1.82) is 0 Å². The molecule has 2 aromatic heterocycles. The average Bonchev–Trinajstić information content (AvgIpc) is 3.14. The normalized spacial score (nSPS) is 14.2. The van der Waals surface area contributed by atoms with Crippen molar-refractivity contribution in [3.05, 3.63) is 83.3 Å². The van der Waals surface area contributed by atoms with Crippen molar-refractivity contribution in [2.75, 3.05) is 11.4 Å². The van der Waals surface area contributed by atoms with Gasteiger partial charge >= 0.3 is 0 Å². The lowest BCUT2D eigenvalue weighted by Gasteiger charge is -2.28. The van der Waals surface area contributed by atoms with E-state index in [1.165, 1.54) is 6.07 Å². The van der Waals surface area contributed by atoms with Crippen molar-refractivity contribution >= 4 is 38.1 Å². The molecule has 0 atom stereocenters. The van der Waals surface area contributed by atoms with Crippen molar-refractivity contribution < 1.29 is 12.8 Å². The topological polar surface area (TPSA) is 63.4 Å². The van der Waals surface area contributed by atoms with Crippen molar-refractivity contribution in [3.63, 3.8) is 0 Å². The van der Waals surface area contributed by atoms with Gasteiger partial charge in [0.1, 0.15) is 5.76 Å². The molecule has 0 N–H and O–H groups in total. The largest absolute Gasteiger partial charge is 0.459 e. The number of fused-ring (bicyclic) bond motifs is 3. The monoisotopic (exact) mass is 424 g/mol. The molecule has 146 valence electrons. The fourth-order valence-electron chi connectivity index (χ4n) is 3.77. The summed E-state index contributed by atoms with van der Waals surface area (Å²) in [5, 5.41) is 1.05. The highest BCUT2D eigenvalue weighted by atomic mass is 35.5. The Morgan fingerprint density at radius 3 is 2.62 bits per heavy atom. The third kappa shape index (κ3) is 3.09. The maximum absolute atomic E-state index is 13.1. The zero-order chi connectivity index (χ0) is 20.0. The Morgan fingerprint density at radius 2 is 1.86 bits per heavy atom. The standard InChI is InChI=1S/C22H17ClN2O3S/c23-20-12-17(29(26,27)16-6-2-1-3-7-16)11-18-19-14-25(15-5-4-9-24-13-15)10-8-21(19)28-22(18)20/h1-7,9,11-13H,8,10,14H2. The van der Waals surface area contributed by atoms with Gasteiger partial charge in [-0.3, -0.25) is 4.98 Å². The molecule has 0 unspecified atom stereocenters. The maximum atomic E-state index is 13.1. The number of anilines is 1. The summed E-state index contributed by atoms with van der Waals surface area (Å²) < 4.78 is 32.2. The molecule has 0 spiro atoms. The van der Waals surface area contributed by atoms with E-state index in [0.29, 0.717) is 17.2 Å². The SMILES string of the molecule is O=S(=O)(c1ccccc1)c1cc(Cl)c2oc3c(c2c1)CN(c1cccnc1)CC3. The van der Waals surface area contributed by atoms with Gasteiger partial charge in [0.2, 0.25) is 9.84 Å². The first-order chi connectivity index (χ1) is 14.0. The van der Waals surface area contributed by atoms with E-state index in [-0.39, 0.29) is 9.79 Å². The van der Waals surface area contributed by atoms with E-state index in [1.54, 1.807) is 42.6 Å². The zero-order valence-electron chi connectivity index (χ0n) is 15.4. The van der Waals surface area contributed by atoms with E-state index in [9.17, 15) is 8.42 Å². The van der Waals surface area contributed by atoms with E-state index in [4.69, 9.17) is 16.0 Å². The molecule has 3 heterocycles. The quantitative estimate of drug-likeness (QED) is 0.469. The number of aromatic nitrogens is 1. The van der Waals surface area contributed by atoms with Crippen LogP contribution in [0.5, 0.6) is 0 Å². The van der Waals surface area contributed by atoms with Crippen LogP contribution in [-0.4, -0.2) is 19.9 Å². The molecule has 0 radical (unpaired) electrons. The lowest BCUT2D eigenvalue weighted by atomic mass is 10.0. The molecule has 5 nitrogen and oxygen atoms in total. The highest BCUT2D eigenvalue weighted by molar-refractivity contribution is 7.91. The first kappa shape index (κ1) is 18.2. The number of furan rings is 1. The van der Waals surface area contributed by atoms with Gasteiger partial charge in [0.05, 0.1) is 26.7 Å². The molecule has 0 saturated heterocycles. The number of hydrogen-bond acceptors (Lipinski definition) is 5. The molecule has 1 aliphatic heterocycles. The van der Waals surface area contributed by atoms with Crippen molar-refractivity contribution in [2.45, 2.75) is 22.8 Å². The Bertz CT molecular complexity index is 1300. The molecular formula is C22H17ClN2O3S. The van der Waals surface area contributed by atoms with Gasteiger partial charge in [-0.05, 0) is 36.4 Å². The summed E-state index contributed by atoms with van der Waals surface area (Å²) in [5.74, 6) is 0.858. The van der Waals surface area contributed by atoms with Gasteiger partial charge in [-0.25, -0.2) is 8.42 Å². The Labute approximate surface area is 173 Å². The average molecular weight is 425 g/mol. The molecule has 5 rings (SSSR count). The van der Waals surface area contributed by atoms with Crippen LogP contribution >= 0.6 is 11.6 Å². The number of nitrogens with zero attached hydrogens (tertiary/aromatic N) is 2. The van der Waals surface area contributed by atoms with Gasteiger partial charge in [0, 0.05) is 36.7 Å². The maximum Gasteiger partial charge on any atom is 0.206 e. The molecule has 4 aromatic rings. The zero-order valence-corrected chi connectivity index (χ0v) is 16.9. The van der Waals surface area contributed by atoms with E-state index < -0.39 is 9.84 Å². The second kappa shape index (κ2) is 6.90. The summed E-state index contributed by atoms with van der Waals surface area (Å²) in [7, 11) is -3.67. The van der Waals surface area contributed by atoms with Crippen LogP contribution in [0.1, 0.15) is 11.3 Å². The molecule has 0 amide bonds. The fourth-order valence-corrected chi connectivity index (χ4v) is 5.42. The molecule has 0 bridgehead atoms. The molecular weight excluding hydrogens is 408 g/mol. The lowest BCUT2D eigenvalue weighted by molar-refractivity contribution is 0.521. The van der Waals surface area contributed by atoms with Gasteiger partial charge in [-0.15, -0.1) is 0 Å². The van der Waals surface area contributed by atoms with Gasteiger partial charge in [0.15, 0.2) is 5.58 Å². The summed E-state index contributed by atoms with van der Waals surface area (Å²) in [4.78, 5) is 6.81. The number of rotatable bonds is 3. The number of pyridine rings is 1. The van der Waals surface area contributed by atoms with Crippen LogP contribution in [-0.2, 0) is 22.8 Å². The first-order valence-corrected chi connectivity index (χ1v) is 11.1. The highest BCUT2D eigenvalue weighted by Gasteiger charge is 2.27. The number of benzene rings is 2. The highest BCUT2D eigenvalue weighted by Crippen LogP contribution is 2.38. The lowest BCUT2D eigenvalue weighted by Crippen LogP contribution is -2.29. The van der Waals surface area contributed by atoms with Gasteiger partial charge < -0.3 is 9.32 Å². The van der Waals surface area contributed by atoms with E-state index in [2.05, 4.69) is 9.88 Å². The Balaban J connectivity index is 1.63. The summed E-state index contributed by atoms with van der Waals surface area (Å²) in [5.41, 5.74) is 2.53. The van der Waals surface area contributed by atoms with Crippen molar-refractivity contribution in [2.24, 2.45) is 0 Å². The predicted octanol–water partition coefficient (Wildman–Crippen LogP) is 4.88. The third-order valence-electron chi connectivity index (χ3n) is 5.24. The second-order valence-electron chi connectivity index (χ2n) is 6.98. The Hall–Kier alpha value is -2.83. The molecule has 7 heteroatoms. The minimum absolute atomic E-state index is 0.170. The number of halogens is 1. The number of hydrogen-bond donors (Lipinski definition) is 0. The minimum atomic E-state index is -3.67. The van der Waals surface area contributed by atoms with Crippen LogP contribution < -0.4 is 4.90 Å². The van der Waals surface area contributed by atoms with E-state index in [0.717, 1.165) is 35.4 Å². The van der Waals surface area contributed by atoms with Crippen LogP contribution in [0.4, 0.5) is 5.69 Å². The van der Waals surface area contributed by atoms with Gasteiger partial charge in [-0.1, -0.05) is 29.8 Å². The molecule has 2 aromatic carbocycles. The molecule has 29 heavy (non-hydrogen) atoms.